The van der Waals surface area contributed by atoms with Crippen LogP contribution in [0.2, 0.25) is 5.02 Å². The van der Waals surface area contributed by atoms with Crippen molar-refractivity contribution in [1.29, 1.82) is 0 Å². The molecule has 0 saturated carbocycles. The van der Waals surface area contributed by atoms with Crippen molar-refractivity contribution in [2.75, 3.05) is 39.1 Å². The van der Waals surface area contributed by atoms with E-state index < -0.39 is 0 Å². The molecule has 4 nitrogen and oxygen atoms in total. The molecule has 0 aromatic carbocycles. The lowest BCUT2D eigenvalue weighted by molar-refractivity contribution is 0.247. The maximum Gasteiger partial charge on any atom is 0.128 e. The summed E-state index contributed by atoms with van der Waals surface area (Å²) in [6, 6.07) is 2.63. The van der Waals surface area contributed by atoms with Gasteiger partial charge < -0.3 is 15.1 Å². The van der Waals surface area contributed by atoms with E-state index in [9.17, 15) is 0 Å². The summed E-state index contributed by atoms with van der Waals surface area (Å²) < 4.78 is 0. The van der Waals surface area contributed by atoms with E-state index >= 15 is 0 Å². The van der Waals surface area contributed by atoms with E-state index in [0.29, 0.717) is 6.04 Å². The molecular weight excluding hydrogens is 260 g/mol. The molecule has 1 unspecified atom stereocenters. The SMILES string of the molecule is CNCc1cc(N(C)C2CCCN(C)C2)ncc1Cl. The minimum absolute atomic E-state index is 0.537. The van der Waals surface area contributed by atoms with Gasteiger partial charge in [-0.25, -0.2) is 4.98 Å². The fraction of sp³-hybridized carbons (Fsp3) is 0.643. The van der Waals surface area contributed by atoms with Crippen LogP contribution in [0.25, 0.3) is 0 Å². The summed E-state index contributed by atoms with van der Waals surface area (Å²) in [7, 11) is 6.24. The molecule has 1 atom stereocenters. The first-order valence-electron chi connectivity index (χ1n) is 6.82. The molecule has 2 heterocycles. The van der Waals surface area contributed by atoms with Crippen LogP contribution in [0.4, 0.5) is 5.82 Å². The van der Waals surface area contributed by atoms with Gasteiger partial charge in [0.15, 0.2) is 0 Å². The van der Waals surface area contributed by atoms with Gasteiger partial charge in [0.2, 0.25) is 0 Å². The van der Waals surface area contributed by atoms with Crippen molar-refractivity contribution >= 4 is 17.4 Å². The van der Waals surface area contributed by atoms with Gasteiger partial charge in [0.05, 0.1) is 5.02 Å². The number of piperidine rings is 1. The van der Waals surface area contributed by atoms with E-state index in [1.807, 2.05) is 7.05 Å². The Morgan fingerprint density at radius 3 is 3.05 bits per heavy atom. The van der Waals surface area contributed by atoms with Crippen molar-refractivity contribution in [2.24, 2.45) is 0 Å². The summed E-state index contributed by atoms with van der Waals surface area (Å²) in [4.78, 5) is 9.14. The molecule has 0 aliphatic carbocycles. The molecule has 1 N–H and O–H groups in total. The number of rotatable bonds is 4. The number of likely N-dealkylation sites (N-methyl/N-ethyl adjacent to an activating group) is 2. The van der Waals surface area contributed by atoms with Crippen LogP contribution in [-0.2, 0) is 6.54 Å². The molecule has 1 aromatic heterocycles. The monoisotopic (exact) mass is 282 g/mol. The fourth-order valence-electron chi connectivity index (χ4n) is 2.63. The van der Waals surface area contributed by atoms with E-state index in [-0.39, 0.29) is 0 Å². The number of pyridine rings is 1. The lowest BCUT2D eigenvalue weighted by Gasteiger charge is -2.36. The molecule has 19 heavy (non-hydrogen) atoms. The number of nitrogens with zero attached hydrogens (tertiary/aromatic N) is 3. The van der Waals surface area contributed by atoms with Gasteiger partial charge >= 0.3 is 0 Å². The van der Waals surface area contributed by atoms with Gasteiger partial charge in [-0.3, -0.25) is 0 Å². The maximum atomic E-state index is 6.16. The first-order chi connectivity index (χ1) is 9.11. The average Bonchev–Trinajstić information content (AvgIpc) is 2.41. The van der Waals surface area contributed by atoms with Crippen LogP contribution in [0.5, 0.6) is 0 Å². The van der Waals surface area contributed by atoms with Crippen molar-refractivity contribution in [2.45, 2.75) is 25.4 Å². The van der Waals surface area contributed by atoms with Crippen molar-refractivity contribution in [1.82, 2.24) is 15.2 Å². The number of hydrogen-bond acceptors (Lipinski definition) is 4. The number of nitrogens with one attached hydrogen (secondary N) is 1. The number of anilines is 1. The summed E-state index contributed by atoms with van der Waals surface area (Å²) >= 11 is 6.16. The first kappa shape index (κ1) is 14.6. The third-order valence-corrected chi connectivity index (χ3v) is 4.14. The average molecular weight is 283 g/mol. The molecule has 0 spiro atoms. The van der Waals surface area contributed by atoms with Crippen LogP contribution in [0.3, 0.4) is 0 Å². The molecule has 1 aromatic rings. The molecule has 106 valence electrons. The van der Waals surface area contributed by atoms with Crippen LogP contribution >= 0.6 is 11.6 Å². The first-order valence-corrected chi connectivity index (χ1v) is 7.20. The Hall–Kier alpha value is -0.840. The standard InChI is InChI=1S/C14H23ClN4/c1-16-8-11-7-14(17-9-13(11)15)19(3)12-5-4-6-18(2)10-12/h7,9,12,16H,4-6,8,10H2,1-3H3. The topological polar surface area (TPSA) is 31.4 Å². The Balaban J connectivity index is 2.13. The Morgan fingerprint density at radius 2 is 2.37 bits per heavy atom. The predicted molar refractivity (Wildman–Crippen MR) is 80.9 cm³/mol. The minimum Gasteiger partial charge on any atom is -0.355 e. The molecule has 0 bridgehead atoms. The van der Waals surface area contributed by atoms with Gasteiger partial charge in [-0.05, 0) is 45.1 Å². The lowest BCUT2D eigenvalue weighted by atomic mass is 10.0. The molecule has 5 heteroatoms. The third-order valence-electron chi connectivity index (χ3n) is 3.80. The van der Waals surface area contributed by atoms with E-state index in [2.05, 4.69) is 40.3 Å². The Labute approximate surface area is 120 Å². The summed E-state index contributed by atoms with van der Waals surface area (Å²) in [5.74, 6) is 1.01. The summed E-state index contributed by atoms with van der Waals surface area (Å²) in [5, 5.41) is 3.87. The van der Waals surface area contributed by atoms with E-state index in [4.69, 9.17) is 11.6 Å². The highest BCUT2D eigenvalue weighted by Gasteiger charge is 2.22. The second kappa shape index (κ2) is 6.55. The van der Waals surface area contributed by atoms with Crippen molar-refractivity contribution in [3.05, 3.63) is 22.8 Å². The van der Waals surface area contributed by atoms with Crippen molar-refractivity contribution in [3.63, 3.8) is 0 Å². The zero-order valence-corrected chi connectivity index (χ0v) is 12.7. The van der Waals surface area contributed by atoms with Crippen LogP contribution in [0.15, 0.2) is 12.3 Å². The smallest absolute Gasteiger partial charge is 0.128 e. The van der Waals surface area contributed by atoms with Crippen molar-refractivity contribution in [3.8, 4) is 0 Å². The highest BCUT2D eigenvalue weighted by atomic mass is 35.5. The molecule has 1 aliphatic rings. The molecule has 1 aliphatic heterocycles. The Bertz CT molecular complexity index is 424. The third kappa shape index (κ3) is 3.59. The molecule has 0 radical (unpaired) electrons. The summed E-state index contributed by atoms with van der Waals surface area (Å²) in [5.41, 5.74) is 1.10. The largest absolute Gasteiger partial charge is 0.355 e. The number of halogens is 1. The zero-order valence-electron chi connectivity index (χ0n) is 12.0. The van der Waals surface area contributed by atoms with Gasteiger partial charge in [-0.15, -0.1) is 0 Å². The molecule has 2 rings (SSSR count). The Morgan fingerprint density at radius 1 is 1.58 bits per heavy atom. The normalized spacial score (nSPS) is 20.5. The number of aromatic nitrogens is 1. The van der Waals surface area contributed by atoms with Crippen LogP contribution in [0, 0.1) is 0 Å². The molecular formula is C14H23ClN4. The van der Waals surface area contributed by atoms with E-state index in [0.717, 1.165) is 29.5 Å². The fourth-order valence-corrected chi connectivity index (χ4v) is 2.80. The minimum atomic E-state index is 0.537. The number of likely N-dealkylation sites (tertiary alicyclic amines) is 1. The van der Waals surface area contributed by atoms with E-state index in [1.54, 1.807) is 6.20 Å². The van der Waals surface area contributed by atoms with Crippen molar-refractivity contribution < 1.29 is 0 Å². The van der Waals surface area contributed by atoms with Crippen LogP contribution in [0.1, 0.15) is 18.4 Å². The van der Waals surface area contributed by atoms with Gasteiger partial charge in [0.1, 0.15) is 5.82 Å². The zero-order chi connectivity index (χ0) is 13.8. The Kier molecular flexibility index (Phi) is 5.02. The second-order valence-corrected chi connectivity index (χ2v) is 5.74. The molecule has 1 fully saturated rings. The highest BCUT2D eigenvalue weighted by Crippen LogP contribution is 2.23. The quantitative estimate of drug-likeness (QED) is 0.915. The van der Waals surface area contributed by atoms with Crippen LogP contribution < -0.4 is 10.2 Å². The lowest BCUT2D eigenvalue weighted by Crippen LogP contribution is -2.45. The summed E-state index contributed by atoms with van der Waals surface area (Å²) in [6.45, 7) is 3.07. The van der Waals surface area contributed by atoms with Gasteiger partial charge in [0.25, 0.3) is 0 Å². The van der Waals surface area contributed by atoms with Gasteiger partial charge in [-0.1, -0.05) is 11.6 Å². The van der Waals surface area contributed by atoms with Gasteiger partial charge in [0, 0.05) is 32.4 Å². The summed E-state index contributed by atoms with van der Waals surface area (Å²) in [6.07, 6.45) is 4.24. The molecule has 0 amide bonds. The maximum absolute atomic E-state index is 6.16. The second-order valence-electron chi connectivity index (χ2n) is 5.33. The van der Waals surface area contributed by atoms with Gasteiger partial charge in [-0.2, -0.15) is 0 Å². The van der Waals surface area contributed by atoms with Crippen LogP contribution in [-0.4, -0.2) is 50.2 Å². The highest BCUT2D eigenvalue weighted by molar-refractivity contribution is 6.31. The van der Waals surface area contributed by atoms with E-state index in [1.165, 1.54) is 19.4 Å². The molecule has 1 saturated heterocycles. The predicted octanol–water partition coefficient (Wildman–Crippen LogP) is 1.98. The number of hydrogen-bond donors (Lipinski definition) is 1.